The first kappa shape index (κ1) is 16.0. The summed E-state index contributed by atoms with van der Waals surface area (Å²) in [4.78, 5) is 17.0. The normalized spacial score (nSPS) is 20.3. The Bertz CT molecular complexity index is 727. The first-order chi connectivity index (χ1) is 12.3. The van der Waals surface area contributed by atoms with Gasteiger partial charge in [-0.2, -0.15) is 0 Å². The molecule has 0 bridgehead atoms. The van der Waals surface area contributed by atoms with E-state index in [4.69, 9.17) is 9.47 Å². The van der Waals surface area contributed by atoms with Crippen molar-refractivity contribution in [2.24, 2.45) is 0 Å². The highest BCUT2D eigenvalue weighted by Crippen LogP contribution is 2.31. The van der Waals surface area contributed by atoms with Crippen LogP contribution in [-0.4, -0.2) is 54.6 Å². The number of carbonyl (C=O) groups is 1. The van der Waals surface area contributed by atoms with Gasteiger partial charge in [0.2, 0.25) is 6.10 Å². The van der Waals surface area contributed by atoms with Crippen LogP contribution in [0, 0.1) is 0 Å². The number of para-hydroxylation sites is 2. The number of carbonyl (C=O) groups excluding carboxylic acids is 1. The van der Waals surface area contributed by atoms with Gasteiger partial charge in [-0.15, -0.1) is 0 Å². The molecule has 2 aliphatic heterocycles. The minimum atomic E-state index is -0.546. The average molecular weight is 338 g/mol. The van der Waals surface area contributed by atoms with Crippen molar-refractivity contribution in [2.75, 3.05) is 32.8 Å². The third-order valence-electron chi connectivity index (χ3n) is 4.72. The highest BCUT2D eigenvalue weighted by atomic mass is 16.6. The quantitative estimate of drug-likeness (QED) is 0.860. The molecular formula is C20H22N2O3. The Labute approximate surface area is 147 Å². The van der Waals surface area contributed by atoms with Crippen molar-refractivity contribution in [3.63, 3.8) is 0 Å². The topological polar surface area (TPSA) is 42.0 Å². The first-order valence-corrected chi connectivity index (χ1v) is 8.73. The minimum Gasteiger partial charge on any atom is -0.485 e. The lowest BCUT2D eigenvalue weighted by molar-refractivity contribution is -0.143. The lowest BCUT2D eigenvalue weighted by Crippen LogP contribution is -2.53. The second kappa shape index (κ2) is 7.15. The van der Waals surface area contributed by atoms with E-state index in [1.165, 1.54) is 5.56 Å². The second-order valence-corrected chi connectivity index (χ2v) is 6.45. The van der Waals surface area contributed by atoms with Crippen LogP contribution in [0.25, 0.3) is 0 Å². The SMILES string of the molecule is O=C(C1COc2ccccc2O1)N1CCN(Cc2ccccc2)CC1. The van der Waals surface area contributed by atoms with Crippen LogP contribution in [0.4, 0.5) is 0 Å². The van der Waals surface area contributed by atoms with Gasteiger partial charge in [0.15, 0.2) is 11.5 Å². The van der Waals surface area contributed by atoms with Gasteiger partial charge in [-0.1, -0.05) is 42.5 Å². The number of rotatable bonds is 3. The van der Waals surface area contributed by atoms with E-state index >= 15 is 0 Å². The summed E-state index contributed by atoms with van der Waals surface area (Å²) in [5, 5.41) is 0. The Kier molecular flexibility index (Phi) is 4.57. The molecule has 2 aromatic rings. The molecule has 2 heterocycles. The molecule has 5 heteroatoms. The molecule has 5 nitrogen and oxygen atoms in total. The molecule has 2 aliphatic rings. The number of nitrogens with zero attached hydrogens (tertiary/aromatic N) is 2. The fourth-order valence-corrected chi connectivity index (χ4v) is 3.31. The molecule has 0 radical (unpaired) electrons. The fraction of sp³-hybridized carbons (Fsp3) is 0.350. The minimum absolute atomic E-state index is 0.0221. The smallest absolute Gasteiger partial charge is 0.267 e. The molecule has 0 aromatic heterocycles. The number of ether oxygens (including phenoxy) is 2. The van der Waals surface area contributed by atoms with Crippen molar-refractivity contribution in [1.82, 2.24) is 9.80 Å². The highest BCUT2D eigenvalue weighted by Gasteiger charge is 2.32. The van der Waals surface area contributed by atoms with Gasteiger partial charge >= 0.3 is 0 Å². The molecule has 2 aromatic carbocycles. The summed E-state index contributed by atoms with van der Waals surface area (Å²) in [6, 6.07) is 17.9. The lowest BCUT2D eigenvalue weighted by atomic mass is 10.2. The summed E-state index contributed by atoms with van der Waals surface area (Å²) in [6.07, 6.45) is -0.546. The number of hydrogen-bond donors (Lipinski definition) is 0. The van der Waals surface area contributed by atoms with Crippen molar-refractivity contribution >= 4 is 5.91 Å². The number of fused-ring (bicyclic) bond motifs is 1. The average Bonchev–Trinajstić information content (AvgIpc) is 2.68. The van der Waals surface area contributed by atoms with Gasteiger partial charge in [-0.3, -0.25) is 9.69 Å². The molecule has 25 heavy (non-hydrogen) atoms. The maximum Gasteiger partial charge on any atom is 0.267 e. The van der Waals surface area contributed by atoms with E-state index in [2.05, 4.69) is 29.2 Å². The van der Waals surface area contributed by atoms with Crippen molar-refractivity contribution in [1.29, 1.82) is 0 Å². The van der Waals surface area contributed by atoms with Gasteiger partial charge in [0.25, 0.3) is 5.91 Å². The summed E-state index contributed by atoms with van der Waals surface area (Å²) >= 11 is 0. The van der Waals surface area contributed by atoms with Crippen LogP contribution in [-0.2, 0) is 11.3 Å². The molecule has 1 unspecified atom stereocenters. The van der Waals surface area contributed by atoms with Crippen molar-refractivity contribution in [2.45, 2.75) is 12.6 Å². The number of benzene rings is 2. The summed E-state index contributed by atoms with van der Waals surface area (Å²) in [6.45, 7) is 4.43. The van der Waals surface area contributed by atoms with Crippen LogP contribution in [0.15, 0.2) is 54.6 Å². The Hall–Kier alpha value is -2.53. The van der Waals surface area contributed by atoms with E-state index in [0.29, 0.717) is 11.5 Å². The highest BCUT2D eigenvalue weighted by molar-refractivity contribution is 5.82. The maximum atomic E-state index is 12.7. The molecule has 0 saturated carbocycles. The standard InChI is InChI=1S/C20H22N2O3/c23-20(19-15-24-17-8-4-5-9-18(17)25-19)22-12-10-21(11-13-22)14-16-6-2-1-3-7-16/h1-9,19H,10-15H2. The van der Waals surface area contributed by atoms with Crippen LogP contribution in [0.5, 0.6) is 11.5 Å². The Morgan fingerprint density at radius 1 is 0.920 bits per heavy atom. The summed E-state index contributed by atoms with van der Waals surface area (Å²) in [7, 11) is 0. The number of piperazine rings is 1. The largest absolute Gasteiger partial charge is 0.485 e. The monoisotopic (exact) mass is 338 g/mol. The third-order valence-corrected chi connectivity index (χ3v) is 4.72. The summed E-state index contributed by atoms with van der Waals surface area (Å²) in [5.74, 6) is 1.38. The van der Waals surface area contributed by atoms with Gasteiger partial charge < -0.3 is 14.4 Å². The summed E-state index contributed by atoms with van der Waals surface area (Å²) < 4.78 is 11.5. The zero-order chi connectivity index (χ0) is 17.1. The Morgan fingerprint density at radius 2 is 1.60 bits per heavy atom. The number of amides is 1. The van der Waals surface area contributed by atoms with Gasteiger partial charge in [0.05, 0.1) is 0 Å². The molecule has 1 atom stereocenters. The molecule has 1 saturated heterocycles. The molecule has 4 rings (SSSR count). The van der Waals surface area contributed by atoms with Crippen molar-refractivity contribution in [3.05, 3.63) is 60.2 Å². The lowest BCUT2D eigenvalue weighted by Gasteiger charge is -2.37. The third kappa shape index (κ3) is 3.61. The second-order valence-electron chi connectivity index (χ2n) is 6.45. The molecular weight excluding hydrogens is 316 g/mol. The van der Waals surface area contributed by atoms with E-state index in [-0.39, 0.29) is 12.5 Å². The van der Waals surface area contributed by atoms with Gasteiger partial charge in [-0.05, 0) is 17.7 Å². The van der Waals surface area contributed by atoms with Crippen LogP contribution < -0.4 is 9.47 Å². The van der Waals surface area contributed by atoms with E-state index in [1.807, 2.05) is 35.2 Å². The van der Waals surface area contributed by atoms with Crippen molar-refractivity contribution in [3.8, 4) is 11.5 Å². The van der Waals surface area contributed by atoms with Crippen LogP contribution in [0.3, 0.4) is 0 Å². The predicted octanol–water partition coefficient (Wildman–Crippen LogP) is 2.17. The van der Waals surface area contributed by atoms with Crippen LogP contribution >= 0.6 is 0 Å². The number of hydrogen-bond acceptors (Lipinski definition) is 4. The van der Waals surface area contributed by atoms with E-state index in [1.54, 1.807) is 0 Å². The van der Waals surface area contributed by atoms with Crippen molar-refractivity contribution < 1.29 is 14.3 Å². The fourth-order valence-electron chi connectivity index (χ4n) is 3.31. The van der Waals surface area contributed by atoms with Gasteiger partial charge in [-0.25, -0.2) is 0 Å². The first-order valence-electron chi connectivity index (χ1n) is 8.73. The molecule has 0 aliphatic carbocycles. The predicted molar refractivity (Wildman–Crippen MR) is 94.7 cm³/mol. The Morgan fingerprint density at radius 3 is 2.36 bits per heavy atom. The molecule has 1 fully saturated rings. The van der Waals surface area contributed by atoms with Gasteiger partial charge in [0, 0.05) is 32.7 Å². The van der Waals surface area contributed by atoms with Crippen LogP contribution in [0.2, 0.25) is 0 Å². The molecule has 1 amide bonds. The zero-order valence-electron chi connectivity index (χ0n) is 14.1. The Balaban J connectivity index is 1.31. The van der Waals surface area contributed by atoms with Gasteiger partial charge in [0.1, 0.15) is 6.61 Å². The van der Waals surface area contributed by atoms with E-state index < -0.39 is 6.10 Å². The van der Waals surface area contributed by atoms with E-state index in [0.717, 1.165) is 32.7 Å². The van der Waals surface area contributed by atoms with Crippen LogP contribution in [0.1, 0.15) is 5.56 Å². The summed E-state index contributed by atoms with van der Waals surface area (Å²) in [5.41, 5.74) is 1.31. The maximum absolute atomic E-state index is 12.7. The zero-order valence-corrected chi connectivity index (χ0v) is 14.1. The molecule has 0 N–H and O–H groups in total. The molecule has 0 spiro atoms. The van der Waals surface area contributed by atoms with E-state index in [9.17, 15) is 4.79 Å². The molecule has 130 valence electrons.